The highest BCUT2D eigenvalue weighted by molar-refractivity contribution is 6.08. The van der Waals surface area contributed by atoms with Crippen molar-refractivity contribution < 1.29 is 4.79 Å². The number of nitrogen functional groups attached to an aromatic ring is 2. The fraction of sp³-hybridized carbons (Fsp3) is 0. The van der Waals surface area contributed by atoms with Crippen molar-refractivity contribution in [1.82, 2.24) is 15.0 Å². The average molecular weight is 192 g/mol. The molecule has 0 atom stereocenters. The highest BCUT2D eigenvalue weighted by atomic mass is 16.1. The van der Waals surface area contributed by atoms with E-state index in [2.05, 4.69) is 15.0 Å². The van der Waals surface area contributed by atoms with Crippen LogP contribution in [0, 0.1) is 0 Å². The molecule has 2 heterocycles. The number of aromatic nitrogens is 3. The van der Waals surface area contributed by atoms with Gasteiger partial charge >= 0.3 is 0 Å². The number of amides is 1. The van der Waals surface area contributed by atoms with Gasteiger partial charge in [0.15, 0.2) is 0 Å². The van der Waals surface area contributed by atoms with Crippen LogP contribution in [0.4, 0.5) is 11.8 Å². The number of carbonyl (C=O) groups excluding carboxylic acids is 1. The van der Waals surface area contributed by atoms with Crippen LogP contribution >= 0.6 is 0 Å². The minimum atomic E-state index is -0.587. The summed E-state index contributed by atoms with van der Waals surface area (Å²) in [5.41, 5.74) is 16.8. The third-order valence-corrected chi connectivity index (χ3v) is 1.84. The van der Waals surface area contributed by atoms with Crippen LogP contribution in [0.15, 0.2) is 6.20 Å². The standard InChI is InChI=1S/C7H8N6O/c8-4-3-2(5(9)14)1-11-6(3)13-7(10)12-4/h1H,(H2,9,14)(H5,8,10,11,12,13). The summed E-state index contributed by atoms with van der Waals surface area (Å²) in [6, 6.07) is 0. The number of fused-ring (bicyclic) bond motifs is 1. The molecule has 2 aromatic rings. The van der Waals surface area contributed by atoms with Crippen LogP contribution in [0.25, 0.3) is 11.0 Å². The van der Waals surface area contributed by atoms with Crippen molar-refractivity contribution in [3.05, 3.63) is 11.8 Å². The fourth-order valence-electron chi connectivity index (χ4n) is 1.27. The molecule has 0 aliphatic rings. The molecule has 0 aliphatic heterocycles. The van der Waals surface area contributed by atoms with Gasteiger partial charge in [0.1, 0.15) is 11.5 Å². The Bertz CT molecular complexity index is 516. The van der Waals surface area contributed by atoms with Gasteiger partial charge in [0, 0.05) is 6.20 Å². The SMILES string of the molecule is NC(=O)c1c[nH]c2nc(N)nc(N)c12. The summed E-state index contributed by atoms with van der Waals surface area (Å²) in [5.74, 6) is -0.397. The van der Waals surface area contributed by atoms with Crippen molar-refractivity contribution in [3.8, 4) is 0 Å². The lowest BCUT2D eigenvalue weighted by Crippen LogP contribution is -2.11. The lowest BCUT2D eigenvalue weighted by molar-refractivity contribution is 0.100. The Morgan fingerprint density at radius 3 is 2.71 bits per heavy atom. The van der Waals surface area contributed by atoms with E-state index in [9.17, 15) is 4.79 Å². The van der Waals surface area contributed by atoms with E-state index in [4.69, 9.17) is 17.2 Å². The van der Waals surface area contributed by atoms with E-state index in [-0.39, 0.29) is 17.3 Å². The normalized spacial score (nSPS) is 10.6. The summed E-state index contributed by atoms with van der Waals surface area (Å²) >= 11 is 0. The number of anilines is 2. The predicted molar refractivity (Wildman–Crippen MR) is 51.2 cm³/mol. The molecular weight excluding hydrogens is 184 g/mol. The molecule has 1 amide bonds. The molecule has 2 aromatic heterocycles. The van der Waals surface area contributed by atoms with Gasteiger partial charge < -0.3 is 22.2 Å². The Morgan fingerprint density at radius 2 is 2.07 bits per heavy atom. The molecule has 14 heavy (non-hydrogen) atoms. The number of nitrogens with one attached hydrogen (secondary N) is 1. The molecule has 0 saturated carbocycles. The van der Waals surface area contributed by atoms with Gasteiger partial charge in [-0.05, 0) is 0 Å². The second kappa shape index (κ2) is 2.59. The molecule has 0 saturated heterocycles. The van der Waals surface area contributed by atoms with Crippen LogP contribution < -0.4 is 17.2 Å². The van der Waals surface area contributed by atoms with Crippen molar-refractivity contribution >= 4 is 28.7 Å². The van der Waals surface area contributed by atoms with Crippen LogP contribution in [0.5, 0.6) is 0 Å². The van der Waals surface area contributed by atoms with E-state index < -0.39 is 5.91 Å². The first-order chi connectivity index (χ1) is 6.59. The molecule has 0 unspecified atom stereocenters. The van der Waals surface area contributed by atoms with E-state index >= 15 is 0 Å². The largest absolute Gasteiger partial charge is 0.383 e. The second-order valence-corrected chi connectivity index (χ2v) is 2.76. The monoisotopic (exact) mass is 192 g/mol. The molecule has 2 rings (SSSR count). The number of nitrogens with two attached hydrogens (primary N) is 3. The molecule has 0 aromatic carbocycles. The average Bonchev–Trinajstić information content (AvgIpc) is 2.47. The highest BCUT2D eigenvalue weighted by Crippen LogP contribution is 2.21. The molecule has 0 fully saturated rings. The number of aromatic amines is 1. The lowest BCUT2D eigenvalue weighted by atomic mass is 10.2. The number of rotatable bonds is 1. The van der Waals surface area contributed by atoms with Crippen molar-refractivity contribution in [2.45, 2.75) is 0 Å². The van der Waals surface area contributed by atoms with Gasteiger partial charge in [-0.1, -0.05) is 0 Å². The van der Waals surface area contributed by atoms with Crippen LogP contribution in [0.2, 0.25) is 0 Å². The number of nitrogens with zero attached hydrogens (tertiary/aromatic N) is 2. The Labute approximate surface area is 78.3 Å². The second-order valence-electron chi connectivity index (χ2n) is 2.76. The minimum absolute atomic E-state index is 0.0490. The first kappa shape index (κ1) is 8.30. The molecule has 72 valence electrons. The van der Waals surface area contributed by atoms with Gasteiger partial charge in [0.2, 0.25) is 5.95 Å². The Kier molecular flexibility index (Phi) is 1.53. The quantitative estimate of drug-likeness (QED) is 0.469. The topological polar surface area (TPSA) is 137 Å². The van der Waals surface area contributed by atoms with Gasteiger partial charge in [0.05, 0.1) is 10.9 Å². The van der Waals surface area contributed by atoms with Gasteiger partial charge in [-0.25, -0.2) is 0 Å². The third kappa shape index (κ3) is 1.03. The van der Waals surface area contributed by atoms with Crippen molar-refractivity contribution in [1.29, 1.82) is 0 Å². The fourth-order valence-corrected chi connectivity index (χ4v) is 1.27. The molecule has 0 aliphatic carbocycles. The smallest absolute Gasteiger partial charge is 0.251 e. The predicted octanol–water partition coefficient (Wildman–Crippen LogP) is -0.779. The summed E-state index contributed by atoms with van der Waals surface area (Å²) in [7, 11) is 0. The van der Waals surface area contributed by atoms with Crippen molar-refractivity contribution in [2.24, 2.45) is 5.73 Å². The maximum absolute atomic E-state index is 11.0. The molecule has 0 bridgehead atoms. The first-order valence-electron chi connectivity index (χ1n) is 3.79. The summed E-state index contributed by atoms with van der Waals surface area (Å²) in [4.78, 5) is 21.3. The summed E-state index contributed by atoms with van der Waals surface area (Å²) in [6.45, 7) is 0. The van der Waals surface area contributed by atoms with Gasteiger partial charge in [0.25, 0.3) is 5.91 Å². The third-order valence-electron chi connectivity index (χ3n) is 1.84. The van der Waals surface area contributed by atoms with E-state index in [1.54, 1.807) is 0 Å². The summed E-state index contributed by atoms with van der Waals surface area (Å²) < 4.78 is 0. The zero-order chi connectivity index (χ0) is 10.3. The maximum atomic E-state index is 11.0. The number of H-pyrrole nitrogens is 1. The first-order valence-corrected chi connectivity index (χ1v) is 3.79. The zero-order valence-corrected chi connectivity index (χ0v) is 7.11. The highest BCUT2D eigenvalue weighted by Gasteiger charge is 2.13. The summed E-state index contributed by atoms with van der Waals surface area (Å²) in [5, 5.41) is 0.409. The molecular formula is C7H8N6O. The van der Waals surface area contributed by atoms with Crippen molar-refractivity contribution in [3.63, 3.8) is 0 Å². The van der Waals surface area contributed by atoms with Gasteiger partial charge in [-0.15, -0.1) is 0 Å². The van der Waals surface area contributed by atoms with Gasteiger partial charge in [-0.2, -0.15) is 9.97 Å². The van der Waals surface area contributed by atoms with E-state index in [1.165, 1.54) is 6.20 Å². The van der Waals surface area contributed by atoms with Crippen LogP contribution in [0.3, 0.4) is 0 Å². The lowest BCUT2D eigenvalue weighted by Gasteiger charge is -1.98. The number of hydrogen-bond acceptors (Lipinski definition) is 5. The Balaban J connectivity index is 2.85. The molecule has 7 heteroatoms. The summed E-state index contributed by atoms with van der Waals surface area (Å²) in [6.07, 6.45) is 1.43. The van der Waals surface area contributed by atoms with Crippen LogP contribution in [-0.2, 0) is 0 Å². The van der Waals surface area contributed by atoms with E-state index in [0.717, 1.165) is 0 Å². The van der Waals surface area contributed by atoms with Crippen molar-refractivity contribution in [2.75, 3.05) is 11.5 Å². The van der Waals surface area contributed by atoms with E-state index in [0.29, 0.717) is 11.0 Å². The molecule has 0 spiro atoms. The van der Waals surface area contributed by atoms with Crippen LogP contribution in [-0.4, -0.2) is 20.9 Å². The Morgan fingerprint density at radius 1 is 1.36 bits per heavy atom. The van der Waals surface area contributed by atoms with Crippen LogP contribution in [0.1, 0.15) is 10.4 Å². The number of hydrogen-bond donors (Lipinski definition) is 4. The minimum Gasteiger partial charge on any atom is -0.383 e. The van der Waals surface area contributed by atoms with E-state index in [1.807, 2.05) is 0 Å². The molecule has 7 nitrogen and oxygen atoms in total. The maximum Gasteiger partial charge on any atom is 0.251 e. The Hall–Kier alpha value is -2.31. The van der Waals surface area contributed by atoms with Gasteiger partial charge in [-0.3, -0.25) is 4.79 Å². The number of carbonyl (C=O) groups is 1. The molecule has 7 N–H and O–H groups in total. The number of primary amides is 1. The zero-order valence-electron chi connectivity index (χ0n) is 7.11. The molecule has 0 radical (unpaired) electrons.